The Hall–Kier alpha value is -1.67. The third-order valence-corrected chi connectivity index (χ3v) is 2.20. The van der Waals surface area contributed by atoms with Crippen LogP contribution in [0, 0.1) is 10.1 Å². The minimum atomic E-state index is -3.73. The van der Waals surface area contributed by atoms with E-state index in [-0.39, 0.29) is 10.9 Å². The highest BCUT2D eigenvalue weighted by molar-refractivity contribution is 7.85. The van der Waals surface area contributed by atoms with Gasteiger partial charge in [-0.2, -0.15) is 8.42 Å². The Labute approximate surface area is 102 Å². The van der Waals surface area contributed by atoms with Crippen molar-refractivity contribution in [3.63, 3.8) is 0 Å². The molecule has 0 fully saturated rings. The average Bonchev–Trinajstić information content (AvgIpc) is 2.25. The van der Waals surface area contributed by atoms with Crippen LogP contribution in [-0.2, 0) is 14.4 Å². The number of benzene rings is 1. The summed E-state index contributed by atoms with van der Waals surface area (Å²) in [6.45, 7) is 0. The van der Waals surface area contributed by atoms with Crippen LogP contribution in [0.5, 0.6) is 0 Å². The Morgan fingerprint density at radius 3 is 2.35 bits per heavy atom. The lowest BCUT2D eigenvalue weighted by Gasteiger charge is -1.98. The fraction of sp³-hybridized carbons (Fsp3) is 0.125. The van der Waals surface area contributed by atoms with E-state index in [9.17, 15) is 18.5 Å². The van der Waals surface area contributed by atoms with Gasteiger partial charge in [-0.3, -0.25) is 14.4 Å². The van der Waals surface area contributed by atoms with Crippen LogP contribution in [0.3, 0.4) is 0 Å². The summed E-state index contributed by atoms with van der Waals surface area (Å²) >= 11 is 5.63. The van der Waals surface area contributed by atoms with Gasteiger partial charge in [0.1, 0.15) is 0 Å². The second-order valence-corrected chi connectivity index (χ2v) is 4.88. The lowest BCUT2D eigenvalue weighted by Crippen LogP contribution is -2.00. The molecule has 92 valence electrons. The van der Waals surface area contributed by atoms with Crippen molar-refractivity contribution in [2.45, 2.75) is 0 Å². The Bertz CT molecular complexity index is 552. The fourth-order valence-corrected chi connectivity index (χ4v) is 1.29. The number of nitro benzene ring substituents is 1. The molecule has 0 spiro atoms. The third kappa shape index (κ3) is 4.37. The molecule has 0 unspecified atom stereocenters. The normalized spacial score (nSPS) is 12.2. The molecule has 0 aliphatic carbocycles. The largest absolute Gasteiger partial charge is 0.325 e. The van der Waals surface area contributed by atoms with Gasteiger partial charge in [-0.1, -0.05) is 16.8 Å². The molecular formula is C8H7ClN2O5S. The zero-order valence-electron chi connectivity index (χ0n) is 8.53. The number of rotatable bonds is 4. The Morgan fingerprint density at radius 2 is 1.94 bits per heavy atom. The summed E-state index contributed by atoms with van der Waals surface area (Å²) in [5.41, 5.74) is 0.197. The third-order valence-electron chi connectivity index (χ3n) is 1.57. The summed E-state index contributed by atoms with van der Waals surface area (Å²) in [6.07, 6.45) is 0.816. The van der Waals surface area contributed by atoms with Gasteiger partial charge < -0.3 is 0 Å². The first-order valence-corrected chi connectivity index (χ1v) is 6.36. The highest BCUT2D eigenvalue weighted by atomic mass is 35.5. The molecule has 0 atom stereocenters. The molecule has 0 aliphatic rings. The van der Waals surface area contributed by atoms with E-state index >= 15 is 0 Å². The van der Waals surface area contributed by atoms with Crippen LogP contribution in [-0.4, -0.2) is 24.8 Å². The van der Waals surface area contributed by atoms with Crippen LogP contribution in [0.4, 0.5) is 5.69 Å². The van der Waals surface area contributed by atoms with Gasteiger partial charge in [0.25, 0.3) is 5.69 Å². The molecule has 9 heteroatoms. The lowest BCUT2D eigenvalue weighted by molar-refractivity contribution is -0.384. The standard InChI is InChI=1S/C8H7ClN2O5S/c1-17(14,15)16-10-8(9)6-2-4-7(5-3-6)11(12)13/h2-5H,1H3. The first-order chi connectivity index (χ1) is 7.79. The second-order valence-electron chi connectivity index (χ2n) is 2.96. The minimum absolute atomic E-state index is 0.109. The van der Waals surface area contributed by atoms with Crippen LogP contribution in [0.2, 0.25) is 0 Å². The van der Waals surface area contributed by atoms with Crippen molar-refractivity contribution in [1.82, 2.24) is 0 Å². The number of non-ortho nitro benzene ring substituents is 1. The molecule has 0 radical (unpaired) electrons. The Morgan fingerprint density at radius 1 is 1.41 bits per heavy atom. The number of nitrogens with zero attached hydrogens (tertiary/aromatic N) is 2. The number of oxime groups is 1. The van der Waals surface area contributed by atoms with E-state index in [1.54, 1.807) is 0 Å². The molecule has 0 saturated heterocycles. The maximum absolute atomic E-state index is 10.6. The topological polar surface area (TPSA) is 98.9 Å². The van der Waals surface area contributed by atoms with E-state index < -0.39 is 15.0 Å². The van der Waals surface area contributed by atoms with Crippen molar-refractivity contribution in [1.29, 1.82) is 0 Å². The van der Waals surface area contributed by atoms with Crippen LogP contribution in [0.25, 0.3) is 0 Å². The molecule has 0 saturated carbocycles. The SMILES string of the molecule is CS(=O)(=O)ON=C(Cl)c1ccc([N+](=O)[O-])cc1. The molecule has 1 rings (SSSR count). The number of nitro groups is 1. The Balaban J connectivity index is 2.90. The van der Waals surface area contributed by atoms with Crippen LogP contribution < -0.4 is 0 Å². The molecule has 0 aromatic heterocycles. The maximum Gasteiger partial charge on any atom is 0.325 e. The summed E-state index contributed by atoms with van der Waals surface area (Å²) in [5.74, 6) is 0. The second kappa shape index (κ2) is 5.11. The molecular weight excluding hydrogens is 272 g/mol. The molecule has 1 aromatic carbocycles. The molecule has 0 heterocycles. The zero-order valence-corrected chi connectivity index (χ0v) is 10.1. The molecule has 1 aromatic rings. The first kappa shape index (κ1) is 13.4. The van der Waals surface area contributed by atoms with Gasteiger partial charge in [-0.15, -0.1) is 0 Å². The van der Waals surface area contributed by atoms with Crippen molar-refractivity contribution in [2.24, 2.45) is 5.16 Å². The number of hydrogen-bond donors (Lipinski definition) is 0. The van der Waals surface area contributed by atoms with E-state index in [1.165, 1.54) is 24.3 Å². The minimum Gasteiger partial charge on any atom is -0.267 e. The molecule has 0 amide bonds. The highest BCUT2D eigenvalue weighted by Gasteiger charge is 2.08. The summed E-state index contributed by atoms with van der Waals surface area (Å²) in [4.78, 5) is 9.81. The zero-order chi connectivity index (χ0) is 13.1. The van der Waals surface area contributed by atoms with Crippen molar-refractivity contribution < 1.29 is 17.6 Å². The summed E-state index contributed by atoms with van der Waals surface area (Å²) < 4.78 is 25.4. The fourth-order valence-electron chi connectivity index (χ4n) is 0.874. The van der Waals surface area contributed by atoms with Gasteiger partial charge in [0.2, 0.25) is 0 Å². The van der Waals surface area contributed by atoms with Gasteiger partial charge >= 0.3 is 10.1 Å². The lowest BCUT2D eigenvalue weighted by atomic mass is 10.2. The smallest absolute Gasteiger partial charge is 0.267 e. The first-order valence-electron chi connectivity index (χ1n) is 4.16. The summed E-state index contributed by atoms with van der Waals surface area (Å²) in [7, 11) is -3.73. The predicted molar refractivity (Wildman–Crippen MR) is 61.4 cm³/mol. The van der Waals surface area contributed by atoms with Gasteiger partial charge in [-0.25, -0.2) is 0 Å². The van der Waals surface area contributed by atoms with Gasteiger partial charge in [0.05, 0.1) is 11.2 Å². The molecule has 0 bridgehead atoms. The molecule has 17 heavy (non-hydrogen) atoms. The van der Waals surface area contributed by atoms with Gasteiger partial charge in [0, 0.05) is 17.7 Å². The summed E-state index contributed by atoms with van der Waals surface area (Å²) in [5, 5.41) is 13.3. The van der Waals surface area contributed by atoms with E-state index in [0.29, 0.717) is 5.56 Å². The van der Waals surface area contributed by atoms with Gasteiger partial charge in [-0.05, 0) is 12.1 Å². The van der Waals surface area contributed by atoms with E-state index in [4.69, 9.17) is 11.6 Å². The van der Waals surface area contributed by atoms with Crippen molar-refractivity contribution in [2.75, 3.05) is 6.26 Å². The summed E-state index contributed by atoms with van der Waals surface area (Å²) in [6, 6.07) is 5.09. The van der Waals surface area contributed by atoms with Crippen molar-refractivity contribution in [3.05, 3.63) is 39.9 Å². The Kier molecular flexibility index (Phi) is 4.02. The number of hydrogen-bond acceptors (Lipinski definition) is 6. The quantitative estimate of drug-likeness (QED) is 0.472. The van der Waals surface area contributed by atoms with Crippen LogP contribution >= 0.6 is 11.6 Å². The number of halogens is 1. The van der Waals surface area contributed by atoms with E-state index in [0.717, 1.165) is 6.26 Å². The molecule has 0 aliphatic heterocycles. The van der Waals surface area contributed by atoms with Crippen molar-refractivity contribution >= 4 is 32.6 Å². The van der Waals surface area contributed by atoms with Crippen molar-refractivity contribution in [3.8, 4) is 0 Å². The van der Waals surface area contributed by atoms with Crippen LogP contribution in [0.1, 0.15) is 5.56 Å². The molecule has 0 N–H and O–H groups in total. The predicted octanol–water partition coefficient (Wildman–Crippen LogP) is 1.47. The monoisotopic (exact) mass is 278 g/mol. The highest BCUT2D eigenvalue weighted by Crippen LogP contribution is 2.14. The van der Waals surface area contributed by atoms with E-state index in [2.05, 4.69) is 9.44 Å². The van der Waals surface area contributed by atoms with Gasteiger partial charge in [0.15, 0.2) is 5.17 Å². The van der Waals surface area contributed by atoms with Crippen LogP contribution in [0.15, 0.2) is 29.4 Å². The average molecular weight is 279 g/mol. The maximum atomic E-state index is 10.6. The molecule has 7 nitrogen and oxygen atoms in total. The van der Waals surface area contributed by atoms with E-state index in [1.807, 2.05) is 0 Å².